The summed E-state index contributed by atoms with van der Waals surface area (Å²) in [5.41, 5.74) is 1.83. The first-order chi connectivity index (χ1) is 12.3. The number of rotatable bonds is 3. The number of alkyl carbamates (subject to hydrolysis) is 1. The quantitative estimate of drug-likeness (QED) is 0.798. The summed E-state index contributed by atoms with van der Waals surface area (Å²) in [4.78, 5) is 16.6. The number of hydrogen-bond donors (Lipinski definition) is 1. The van der Waals surface area contributed by atoms with Gasteiger partial charge in [-0.3, -0.25) is 4.57 Å². The van der Waals surface area contributed by atoms with Gasteiger partial charge in [0, 0.05) is 12.4 Å². The highest BCUT2D eigenvalue weighted by atomic mass is 16.5. The van der Waals surface area contributed by atoms with Crippen LogP contribution in [0.4, 0.5) is 4.79 Å². The van der Waals surface area contributed by atoms with Gasteiger partial charge < -0.3 is 14.8 Å². The number of fused-ring (bicyclic) bond motifs is 3. The molecule has 1 aliphatic heterocycles. The van der Waals surface area contributed by atoms with Crippen LogP contribution in [0.1, 0.15) is 17.4 Å². The van der Waals surface area contributed by atoms with Crippen molar-refractivity contribution >= 4 is 6.09 Å². The van der Waals surface area contributed by atoms with E-state index in [4.69, 9.17) is 9.47 Å². The summed E-state index contributed by atoms with van der Waals surface area (Å²) >= 11 is 0. The maximum Gasteiger partial charge on any atom is 0.408 e. The summed E-state index contributed by atoms with van der Waals surface area (Å²) < 4.78 is 13.1. The third-order valence-corrected chi connectivity index (χ3v) is 4.02. The number of nitrogens with one attached hydrogen (secondary N) is 1. The molecule has 0 bridgehead atoms. The first kappa shape index (κ1) is 15.3. The summed E-state index contributed by atoms with van der Waals surface area (Å²) in [6, 6.07) is 16.9. The number of hydrogen-bond acceptors (Lipinski definition) is 4. The van der Waals surface area contributed by atoms with Crippen molar-refractivity contribution < 1.29 is 14.3 Å². The summed E-state index contributed by atoms with van der Waals surface area (Å²) in [6.45, 7) is 0.503. The fourth-order valence-corrected chi connectivity index (χ4v) is 2.82. The largest absolute Gasteiger partial charge is 0.489 e. The highest BCUT2D eigenvalue weighted by Crippen LogP contribution is 2.29. The Balaban J connectivity index is 1.48. The van der Waals surface area contributed by atoms with Crippen molar-refractivity contribution in [2.75, 3.05) is 6.61 Å². The van der Waals surface area contributed by atoms with E-state index >= 15 is 0 Å². The molecule has 1 aromatic heterocycles. The van der Waals surface area contributed by atoms with Gasteiger partial charge in [-0.15, -0.1) is 0 Å². The summed E-state index contributed by atoms with van der Waals surface area (Å²) in [6.07, 6.45) is 3.06. The van der Waals surface area contributed by atoms with Gasteiger partial charge in [0.05, 0.1) is 5.69 Å². The lowest BCUT2D eigenvalue weighted by molar-refractivity contribution is 0.130. The summed E-state index contributed by atoms with van der Waals surface area (Å²) in [5.74, 6) is 1.46. The van der Waals surface area contributed by atoms with E-state index in [2.05, 4.69) is 10.3 Å². The third-order valence-electron chi connectivity index (χ3n) is 4.02. The number of carbonyl (C=O) groups excluding carboxylic acids is 1. The van der Waals surface area contributed by atoms with E-state index in [1.165, 1.54) is 0 Å². The lowest BCUT2D eigenvalue weighted by Gasteiger charge is -2.16. The maximum atomic E-state index is 12.2. The Kier molecular flexibility index (Phi) is 4.08. The zero-order valence-electron chi connectivity index (χ0n) is 13.5. The topological polar surface area (TPSA) is 65.4 Å². The van der Waals surface area contributed by atoms with Crippen LogP contribution in [-0.4, -0.2) is 22.3 Å². The van der Waals surface area contributed by atoms with E-state index in [9.17, 15) is 4.79 Å². The fourth-order valence-electron chi connectivity index (χ4n) is 2.82. The van der Waals surface area contributed by atoms with Crippen molar-refractivity contribution in [2.24, 2.45) is 0 Å². The van der Waals surface area contributed by atoms with Gasteiger partial charge in [-0.05, 0) is 17.7 Å². The highest BCUT2D eigenvalue weighted by molar-refractivity contribution is 5.68. The minimum atomic E-state index is -0.502. The smallest absolute Gasteiger partial charge is 0.408 e. The fraction of sp³-hybridized carbons (Fsp3) is 0.158. The van der Waals surface area contributed by atoms with E-state index in [-0.39, 0.29) is 13.2 Å². The molecule has 0 radical (unpaired) electrons. The number of nitrogens with zero attached hydrogens (tertiary/aromatic N) is 2. The standard InChI is InChI=1S/C19H17N3O3/c23-19(25-12-14-6-2-1-3-7-14)21-15-13-24-17-9-5-4-8-16(17)22-11-10-20-18(15)22/h1-11,15H,12-13H2,(H,21,23)/t15-/m1/s1. The zero-order valence-corrected chi connectivity index (χ0v) is 13.5. The number of amides is 1. The highest BCUT2D eigenvalue weighted by Gasteiger charge is 2.26. The Morgan fingerprint density at radius 3 is 2.88 bits per heavy atom. The predicted octanol–water partition coefficient (Wildman–Crippen LogP) is 3.23. The van der Waals surface area contributed by atoms with Crippen LogP contribution in [-0.2, 0) is 11.3 Å². The summed E-state index contributed by atoms with van der Waals surface area (Å²) in [7, 11) is 0. The van der Waals surface area contributed by atoms with E-state index in [0.717, 1.165) is 17.0 Å². The molecular weight excluding hydrogens is 318 g/mol. The van der Waals surface area contributed by atoms with Crippen LogP contribution in [0.2, 0.25) is 0 Å². The molecule has 1 aliphatic rings. The van der Waals surface area contributed by atoms with Gasteiger partial charge in [0.25, 0.3) is 0 Å². The number of carbonyl (C=O) groups is 1. The lowest BCUT2D eigenvalue weighted by Crippen LogP contribution is -2.33. The molecular formula is C19H17N3O3. The van der Waals surface area contributed by atoms with Crippen LogP contribution in [0.15, 0.2) is 67.0 Å². The van der Waals surface area contributed by atoms with E-state index < -0.39 is 12.1 Å². The number of imidazole rings is 1. The van der Waals surface area contributed by atoms with Crippen molar-refractivity contribution in [3.8, 4) is 11.4 Å². The first-order valence-electron chi connectivity index (χ1n) is 8.04. The predicted molar refractivity (Wildman–Crippen MR) is 91.6 cm³/mol. The lowest BCUT2D eigenvalue weighted by atomic mass is 10.2. The van der Waals surface area contributed by atoms with Crippen LogP contribution >= 0.6 is 0 Å². The molecule has 2 aromatic carbocycles. The molecule has 0 unspecified atom stereocenters. The first-order valence-corrected chi connectivity index (χ1v) is 8.04. The van der Waals surface area contributed by atoms with Crippen molar-refractivity contribution in [2.45, 2.75) is 12.6 Å². The number of ether oxygens (including phenoxy) is 2. The van der Waals surface area contributed by atoms with Crippen molar-refractivity contribution in [1.29, 1.82) is 0 Å². The average molecular weight is 335 g/mol. The van der Waals surface area contributed by atoms with Gasteiger partial charge in [-0.25, -0.2) is 9.78 Å². The maximum absolute atomic E-state index is 12.2. The molecule has 25 heavy (non-hydrogen) atoms. The van der Waals surface area contributed by atoms with Crippen LogP contribution < -0.4 is 10.1 Å². The second-order valence-corrected chi connectivity index (χ2v) is 5.69. The Morgan fingerprint density at radius 2 is 2.00 bits per heavy atom. The van der Waals surface area contributed by atoms with Crippen molar-refractivity contribution in [3.63, 3.8) is 0 Å². The molecule has 3 aromatic rings. The molecule has 0 fully saturated rings. The van der Waals surface area contributed by atoms with Crippen LogP contribution in [0, 0.1) is 0 Å². The van der Waals surface area contributed by atoms with Gasteiger partial charge in [-0.1, -0.05) is 42.5 Å². The SMILES string of the molecule is O=C(N[C@@H]1COc2ccccc2-n2ccnc21)OCc1ccccc1. The minimum Gasteiger partial charge on any atom is -0.489 e. The van der Waals surface area contributed by atoms with Gasteiger partial charge in [0.1, 0.15) is 30.8 Å². The van der Waals surface area contributed by atoms with Gasteiger partial charge in [0.2, 0.25) is 0 Å². The van der Waals surface area contributed by atoms with E-state index in [0.29, 0.717) is 5.82 Å². The molecule has 0 saturated heterocycles. The van der Waals surface area contributed by atoms with Crippen LogP contribution in [0.25, 0.3) is 5.69 Å². The third kappa shape index (κ3) is 3.19. The molecule has 0 saturated carbocycles. The Morgan fingerprint density at radius 1 is 1.20 bits per heavy atom. The minimum absolute atomic E-state index is 0.217. The molecule has 4 rings (SSSR count). The molecule has 126 valence electrons. The van der Waals surface area contributed by atoms with E-state index in [1.807, 2.05) is 65.4 Å². The number of aromatic nitrogens is 2. The molecule has 1 N–H and O–H groups in total. The second kappa shape index (κ2) is 6.68. The Hall–Kier alpha value is -3.28. The molecule has 6 heteroatoms. The van der Waals surface area contributed by atoms with Crippen molar-refractivity contribution in [3.05, 3.63) is 78.4 Å². The average Bonchev–Trinajstić information content (AvgIpc) is 3.09. The van der Waals surface area contributed by atoms with Crippen molar-refractivity contribution in [1.82, 2.24) is 14.9 Å². The second-order valence-electron chi connectivity index (χ2n) is 5.69. The number of para-hydroxylation sites is 2. The Bertz CT molecular complexity index is 876. The molecule has 1 amide bonds. The molecule has 0 spiro atoms. The summed E-state index contributed by atoms with van der Waals surface area (Å²) in [5, 5.41) is 2.84. The monoisotopic (exact) mass is 335 g/mol. The normalized spacial score (nSPS) is 15.3. The molecule has 0 aliphatic carbocycles. The van der Waals surface area contributed by atoms with Crippen LogP contribution in [0.3, 0.4) is 0 Å². The molecule has 1 atom stereocenters. The molecule has 2 heterocycles. The Labute approximate surface area is 145 Å². The van der Waals surface area contributed by atoms with Crippen LogP contribution in [0.5, 0.6) is 5.75 Å². The molecule has 6 nitrogen and oxygen atoms in total. The van der Waals surface area contributed by atoms with E-state index in [1.54, 1.807) is 6.20 Å². The number of benzene rings is 2. The van der Waals surface area contributed by atoms with Gasteiger partial charge >= 0.3 is 6.09 Å². The van der Waals surface area contributed by atoms with Gasteiger partial charge in [0.15, 0.2) is 0 Å². The van der Waals surface area contributed by atoms with Gasteiger partial charge in [-0.2, -0.15) is 0 Å². The zero-order chi connectivity index (χ0) is 17.1.